The first kappa shape index (κ1) is 17.7. The van der Waals surface area contributed by atoms with Gasteiger partial charge < -0.3 is 0 Å². The highest BCUT2D eigenvalue weighted by Gasteiger charge is 2.16. The molecule has 1 aliphatic rings. The fourth-order valence-electron chi connectivity index (χ4n) is 4.32. The summed E-state index contributed by atoms with van der Waals surface area (Å²) >= 11 is 0. The lowest BCUT2D eigenvalue weighted by atomic mass is 9.83. The Labute approximate surface area is 172 Å². The molecule has 0 nitrogen and oxygen atoms in total. The van der Waals surface area contributed by atoms with Crippen molar-refractivity contribution in [1.82, 2.24) is 0 Å². The van der Waals surface area contributed by atoms with Gasteiger partial charge >= 0.3 is 0 Å². The number of fused-ring (bicyclic) bond motifs is 2. The zero-order valence-corrected chi connectivity index (χ0v) is 16.8. The van der Waals surface area contributed by atoms with Gasteiger partial charge in [0.15, 0.2) is 0 Å². The van der Waals surface area contributed by atoms with Gasteiger partial charge in [-0.15, -0.1) is 0 Å². The molecule has 0 heterocycles. The smallest absolute Gasteiger partial charge is 0.00199 e. The van der Waals surface area contributed by atoms with Gasteiger partial charge in [0.1, 0.15) is 0 Å². The second-order valence-corrected chi connectivity index (χ2v) is 8.04. The van der Waals surface area contributed by atoms with Crippen molar-refractivity contribution in [2.24, 2.45) is 0 Å². The summed E-state index contributed by atoms with van der Waals surface area (Å²) in [6, 6.07) is 33.3. The van der Waals surface area contributed by atoms with Crippen LogP contribution in [0.2, 0.25) is 0 Å². The van der Waals surface area contributed by atoms with Gasteiger partial charge in [0.2, 0.25) is 0 Å². The molecule has 4 aromatic carbocycles. The van der Waals surface area contributed by atoms with Crippen LogP contribution < -0.4 is 10.4 Å². The van der Waals surface area contributed by atoms with Crippen molar-refractivity contribution in [1.29, 1.82) is 0 Å². The zero-order valence-electron chi connectivity index (χ0n) is 16.8. The molecule has 0 unspecified atom stereocenters. The topological polar surface area (TPSA) is 0 Å². The van der Waals surface area contributed by atoms with Crippen LogP contribution in [0.5, 0.6) is 0 Å². The minimum atomic E-state index is 1.01. The van der Waals surface area contributed by atoms with Crippen molar-refractivity contribution in [3.63, 3.8) is 0 Å². The van der Waals surface area contributed by atoms with Crippen molar-refractivity contribution in [3.05, 3.63) is 140 Å². The summed E-state index contributed by atoms with van der Waals surface area (Å²) in [5, 5.41) is 2.27. The van der Waals surface area contributed by atoms with Crippen LogP contribution in [0.25, 0.3) is 12.2 Å². The molecule has 0 amide bonds. The number of aryl methyl sites for hydroxylation is 1. The molecule has 0 saturated carbocycles. The van der Waals surface area contributed by atoms with E-state index in [0.717, 1.165) is 18.1 Å². The van der Waals surface area contributed by atoms with Crippen LogP contribution in [0.15, 0.2) is 91.0 Å². The minimum Gasteiger partial charge on any atom is -0.0918 e. The molecule has 4 aromatic rings. The Morgan fingerprint density at radius 3 is 1.90 bits per heavy atom. The highest BCUT2D eigenvalue weighted by molar-refractivity contribution is 5.80. The molecule has 0 aliphatic heterocycles. The summed E-state index contributed by atoms with van der Waals surface area (Å²) in [5.74, 6) is 0. The first-order valence-corrected chi connectivity index (χ1v) is 10.2. The molecule has 0 heteroatoms. The molecule has 0 aromatic heterocycles. The number of hydrogen-bond donors (Lipinski definition) is 0. The molecule has 5 rings (SSSR count). The van der Waals surface area contributed by atoms with E-state index in [0.29, 0.717) is 0 Å². The molecule has 0 N–H and O–H groups in total. The van der Waals surface area contributed by atoms with Gasteiger partial charge in [0, 0.05) is 0 Å². The van der Waals surface area contributed by atoms with Gasteiger partial charge in [-0.05, 0) is 69.2 Å². The van der Waals surface area contributed by atoms with E-state index < -0.39 is 0 Å². The van der Waals surface area contributed by atoms with E-state index in [4.69, 9.17) is 0 Å². The van der Waals surface area contributed by atoms with Gasteiger partial charge in [0.25, 0.3) is 0 Å². The third-order valence-corrected chi connectivity index (χ3v) is 5.96. The Morgan fingerprint density at radius 2 is 1.21 bits per heavy atom. The summed E-state index contributed by atoms with van der Waals surface area (Å²) in [4.78, 5) is 0. The standard InChI is InChI=1S/C29H24/c1-20-7-11-22(12-8-20)29(23-13-9-21(2)10-14-23)27-16-15-26-17-24-5-3-4-6-25(24)18-28(26)19-27/h3-16,19H,1,17-18H2,2H3. The van der Waals surface area contributed by atoms with Crippen molar-refractivity contribution >= 4 is 12.2 Å². The van der Waals surface area contributed by atoms with E-state index in [-0.39, 0.29) is 0 Å². The lowest BCUT2D eigenvalue weighted by Gasteiger charge is -2.21. The van der Waals surface area contributed by atoms with Crippen molar-refractivity contribution in [2.75, 3.05) is 0 Å². The first-order chi connectivity index (χ1) is 14.2. The Bertz CT molecular complexity index is 1280. The van der Waals surface area contributed by atoms with Crippen molar-refractivity contribution < 1.29 is 0 Å². The number of benzene rings is 4. The SMILES string of the molecule is C=c1ccc(=C(c2ccc(C)cc2)c2ccc3c(c2)Cc2ccccc2C3)cc1. The summed E-state index contributed by atoms with van der Waals surface area (Å²) in [6.07, 6.45) is 2.04. The molecule has 29 heavy (non-hydrogen) atoms. The van der Waals surface area contributed by atoms with Crippen LogP contribution in [0, 0.1) is 6.92 Å². The Morgan fingerprint density at radius 1 is 0.621 bits per heavy atom. The fraction of sp³-hybridized carbons (Fsp3) is 0.103. The van der Waals surface area contributed by atoms with E-state index >= 15 is 0 Å². The average Bonchev–Trinajstić information content (AvgIpc) is 2.75. The van der Waals surface area contributed by atoms with Gasteiger partial charge in [-0.3, -0.25) is 0 Å². The zero-order chi connectivity index (χ0) is 19.8. The maximum atomic E-state index is 4.05. The summed E-state index contributed by atoms with van der Waals surface area (Å²) < 4.78 is 0. The van der Waals surface area contributed by atoms with Crippen LogP contribution in [0.1, 0.15) is 38.9 Å². The minimum absolute atomic E-state index is 1.01. The van der Waals surface area contributed by atoms with Crippen molar-refractivity contribution in [2.45, 2.75) is 19.8 Å². The molecule has 1 aliphatic carbocycles. The number of hydrogen-bond acceptors (Lipinski definition) is 0. The predicted molar refractivity (Wildman–Crippen MR) is 123 cm³/mol. The molecule has 0 saturated heterocycles. The maximum Gasteiger partial charge on any atom is -0.00199 e. The van der Waals surface area contributed by atoms with Crippen LogP contribution in [0.4, 0.5) is 0 Å². The molecular formula is C29H24. The van der Waals surface area contributed by atoms with Crippen molar-refractivity contribution in [3.8, 4) is 0 Å². The van der Waals surface area contributed by atoms with E-state index in [1.54, 1.807) is 0 Å². The maximum absolute atomic E-state index is 4.05. The molecular weight excluding hydrogens is 348 g/mol. The van der Waals surface area contributed by atoms with E-state index in [2.05, 4.69) is 104 Å². The third kappa shape index (κ3) is 3.43. The average molecular weight is 373 g/mol. The molecule has 0 fully saturated rings. The third-order valence-electron chi connectivity index (χ3n) is 5.96. The van der Waals surface area contributed by atoms with Gasteiger partial charge in [-0.1, -0.05) is 103 Å². The summed E-state index contributed by atoms with van der Waals surface area (Å²) in [6.45, 7) is 6.18. The van der Waals surface area contributed by atoms with Crippen LogP contribution in [-0.2, 0) is 12.8 Å². The quantitative estimate of drug-likeness (QED) is 0.402. The molecule has 0 radical (unpaired) electrons. The monoisotopic (exact) mass is 372 g/mol. The van der Waals surface area contributed by atoms with E-state index in [1.165, 1.54) is 49.7 Å². The highest BCUT2D eigenvalue weighted by Crippen LogP contribution is 2.30. The second kappa shape index (κ2) is 7.22. The van der Waals surface area contributed by atoms with Gasteiger partial charge in [0.05, 0.1) is 0 Å². The largest absolute Gasteiger partial charge is 0.0918 e. The lowest BCUT2D eigenvalue weighted by Crippen LogP contribution is -2.13. The van der Waals surface area contributed by atoms with Crippen LogP contribution in [-0.4, -0.2) is 0 Å². The fourth-order valence-corrected chi connectivity index (χ4v) is 4.32. The van der Waals surface area contributed by atoms with Gasteiger partial charge in [-0.2, -0.15) is 0 Å². The summed E-state index contributed by atoms with van der Waals surface area (Å²) in [5.41, 5.74) is 10.9. The number of rotatable bonds is 2. The van der Waals surface area contributed by atoms with E-state index in [9.17, 15) is 0 Å². The van der Waals surface area contributed by atoms with Crippen LogP contribution in [0.3, 0.4) is 0 Å². The first-order valence-electron chi connectivity index (χ1n) is 10.2. The normalized spacial score (nSPS) is 12.2. The second-order valence-electron chi connectivity index (χ2n) is 8.04. The van der Waals surface area contributed by atoms with Crippen LogP contribution >= 0.6 is 0 Å². The predicted octanol–water partition coefficient (Wildman–Crippen LogP) is 5.15. The molecule has 0 spiro atoms. The van der Waals surface area contributed by atoms with E-state index in [1.807, 2.05) is 0 Å². The Kier molecular flexibility index (Phi) is 4.41. The lowest BCUT2D eigenvalue weighted by molar-refractivity contribution is 1.000. The molecule has 0 atom stereocenters. The van der Waals surface area contributed by atoms with Gasteiger partial charge in [-0.25, -0.2) is 0 Å². The summed E-state index contributed by atoms with van der Waals surface area (Å²) in [7, 11) is 0. The Hall–Kier alpha value is -3.38. The highest BCUT2D eigenvalue weighted by atomic mass is 14.2. The Balaban J connectivity index is 1.68. The molecule has 0 bridgehead atoms. The molecule has 140 valence electrons.